The zero-order valence-electron chi connectivity index (χ0n) is 15.8. The second kappa shape index (κ2) is 7.28. The van der Waals surface area contributed by atoms with Crippen LogP contribution < -0.4 is 9.47 Å². The molecule has 0 spiro atoms. The molecule has 0 fully saturated rings. The van der Waals surface area contributed by atoms with Gasteiger partial charge in [-0.1, -0.05) is 54.1 Å². The van der Waals surface area contributed by atoms with Gasteiger partial charge in [-0.05, 0) is 60.7 Å². The summed E-state index contributed by atoms with van der Waals surface area (Å²) in [6.45, 7) is 4.13. The summed E-state index contributed by atoms with van der Waals surface area (Å²) in [5.74, 6) is 2.03. The Balaban J connectivity index is 1.84. The Morgan fingerprint density at radius 1 is 0.963 bits per heavy atom. The van der Waals surface area contributed by atoms with Crippen LogP contribution in [0.1, 0.15) is 46.3 Å². The first-order chi connectivity index (χ1) is 13.1. The number of halogens is 1. The van der Waals surface area contributed by atoms with Crippen molar-refractivity contribution in [2.24, 2.45) is 0 Å². The molecule has 2 nitrogen and oxygen atoms in total. The lowest BCUT2D eigenvalue weighted by molar-refractivity contribution is 0.167. The van der Waals surface area contributed by atoms with E-state index in [1.54, 1.807) is 7.11 Å². The normalized spacial score (nSPS) is 18.5. The molecule has 1 aliphatic rings. The Kier molecular flexibility index (Phi) is 4.84. The summed E-state index contributed by atoms with van der Waals surface area (Å²) in [7, 11) is 1.69. The number of aryl methyl sites for hydroxylation is 1. The number of fused-ring (bicyclic) bond motifs is 1. The van der Waals surface area contributed by atoms with Crippen molar-refractivity contribution in [1.29, 1.82) is 0 Å². The number of ether oxygens (including phenoxy) is 2. The summed E-state index contributed by atoms with van der Waals surface area (Å²) in [5, 5.41) is 0.828. The van der Waals surface area contributed by atoms with Crippen molar-refractivity contribution in [2.45, 2.75) is 32.3 Å². The summed E-state index contributed by atoms with van der Waals surface area (Å²) in [6.07, 6.45) is 0.898. The molecular formula is C24H23ClO2. The average Bonchev–Trinajstić information content (AvgIpc) is 2.72. The van der Waals surface area contributed by atoms with Gasteiger partial charge in [0.05, 0.1) is 7.11 Å². The molecule has 3 aromatic rings. The zero-order chi connectivity index (χ0) is 19.0. The van der Waals surface area contributed by atoms with Crippen LogP contribution in [0.25, 0.3) is 0 Å². The molecular weight excluding hydrogens is 356 g/mol. The van der Waals surface area contributed by atoms with Gasteiger partial charge in [0.1, 0.15) is 17.6 Å². The molecule has 3 aromatic carbocycles. The minimum atomic E-state index is 0.0192. The maximum absolute atomic E-state index is 6.59. The van der Waals surface area contributed by atoms with Crippen LogP contribution in [0.5, 0.6) is 11.5 Å². The molecule has 3 heteroatoms. The molecule has 0 amide bonds. The van der Waals surface area contributed by atoms with E-state index in [1.807, 2.05) is 25.1 Å². The van der Waals surface area contributed by atoms with E-state index in [4.69, 9.17) is 21.1 Å². The van der Waals surface area contributed by atoms with Gasteiger partial charge in [-0.15, -0.1) is 0 Å². The van der Waals surface area contributed by atoms with E-state index in [-0.39, 0.29) is 12.0 Å². The van der Waals surface area contributed by atoms with Crippen LogP contribution >= 0.6 is 11.6 Å². The van der Waals surface area contributed by atoms with E-state index in [9.17, 15) is 0 Å². The maximum Gasteiger partial charge on any atom is 0.125 e. The fourth-order valence-corrected chi connectivity index (χ4v) is 4.17. The number of methoxy groups -OCH3 is 1. The molecule has 1 heterocycles. The Bertz CT molecular complexity index is 948. The van der Waals surface area contributed by atoms with Crippen molar-refractivity contribution in [3.05, 3.63) is 93.5 Å². The van der Waals surface area contributed by atoms with E-state index < -0.39 is 0 Å². The second-order valence-electron chi connectivity index (χ2n) is 7.12. The third-order valence-corrected chi connectivity index (χ3v) is 6.03. The highest BCUT2D eigenvalue weighted by molar-refractivity contribution is 6.32. The molecule has 0 radical (unpaired) electrons. The number of rotatable bonds is 3. The number of hydrogen-bond donors (Lipinski definition) is 0. The van der Waals surface area contributed by atoms with Gasteiger partial charge in [0.25, 0.3) is 0 Å². The smallest absolute Gasteiger partial charge is 0.125 e. The lowest BCUT2D eigenvalue weighted by Gasteiger charge is -2.35. The largest absolute Gasteiger partial charge is 0.497 e. The summed E-state index contributed by atoms with van der Waals surface area (Å²) >= 11 is 6.59. The highest BCUT2D eigenvalue weighted by Crippen LogP contribution is 2.48. The first-order valence-electron chi connectivity index (χ1n) is 9.23. The molecule has 0 saturated heterocycles. The molecule has 138 valence electrons. The molecule has 2 atom stereocenters. The summed E-state index contributed by atoms with van der Waals surface area (Å²) in [4.78, 5) is 0. The molecule has 0 saturated carbocycles. The minimum Gasteiger partial charge on any atom is -0.497 e. The second-order valence-corrected chi connectivity index (χ2v) is 7.50. The molecule has 1 aliphatic heterocycles. The third kappa shape index (κ3) is 3.30. The van der Waals surface area contributed by atoms with E-state index >= 15 is 0 Å². The van der Waals surface area contributed by atoms with Crippen LogP contribution in [-0.2, 0) is 0 Å². The van der Waals surface area contributed by atoms with Gasteiger partial charge < -0.3 is 9.47 Å². The maximum atomic E-state index is 6.59. The third-order valence-electron chi connectivity index (χ3n) is 5.45. The first kappa shape index (κ1) is 17.9. The van der Waals surface area contributed by atoms with Gasteiger partial charge in [-0.3, -0.25) is 0 Å². The molecule has 4 rings (SSSR count). The molecule has 27 heavy (non-hydrogen) atoms. The molecule has 0 N–H and O–H groups in total. The lowest BCUT2D eigenvalue weighted by atomic mass is 9.80. The Morgan fingerprint density at radius 2 is 1.67 bits per heavy atom. The van der Waals surface area contributed by atoms with Gasteiger partial charge in [-0.2, -0.15) is 0 Å². The standard InChI is InChI=1S/C24H23ClO2/c1-15-13-22-23(16(2)24(15)25)20(17-9-11-19(26-3)12-10-17)14-21(27-22)18-7-5-4-6-8-18/h4-13,20-21H,14H2,1-3H3. The van der Waals surface area contributed by atoms with Crippen molar-refractivity contribution < 1.29 is 9.47 Å². The van der Waals surface area contributed by atoms with Crippen molar-refractivity contribution in [3.63, 3.8) is 0 Å². The molecule has 0 bridgehead atoms. The van der Waals surface area contributed by atoms with Crippen LogP contribution in [0.15, 0.2) is 60.7 Å². The van der Waals surface area contributed by atoms with E-state index in [2.05, 4.69) is 49.4 Å². The van der Waals surface area contributed by atoms with Crippen molar-refractivity contribution in [2.75, 3.05) is 7.11 Å². The molecule has 0 aromatic heterocycles. The summed E-state index contributed by atoms with van der Waals surface area (Å²) in [6, 6.07) is 20.9. The minimum absolute atomic E-state index is 0.0192. The fraction of sp³-hybridized carbons (Fsp3) is 0.250. The van der Waals surface area contributed by atoms with Crippen LogP contribution in [0.3, 0.4) is 0 Å². The summed E-state index contributed by atoms with van der Waals surface area (Å²) in [5.41, 5.74) is 5.81. The van der Waals surface area contributed by atoms with Gasteiger partial charge in [0, 0.05) is 16.5 Å². The van der Waals surface area contributed by atoms with Crippen LogP contribution in [0.4, 0.5) is 0 Å². The molecule has 0 aliphatic carbocycles. The Labute approximate surface area is 165 Å². The molecule has 2 unspecified atom stereocenters. The fourth-order valence-electron chi connectivity index (χ4n) is 4.01. The van der Waals surface area contributed by atoms with Gasteiger partial charge in [0.15, 0.2) is 0 Å². The van der Waals surface area contributed by atoms with E-state index in [1.165, 1.54) is 16.7 Å². The van der Waals surface area contributed by atoms with Gasteiger partial charge in [0.2, 0.25) is 0 Å². The Morgan fingerprint density at radius 3 is 2.33 bits per heavy atom. The zero-order valence-corrected chi connectivity index (χ0v) is 16.6. The predicted octanol–water partition coefficient (Wildman–Crippen LogP) is 6.62. The Hall–Kier alpha value is -2.45. The van der Waals surface area contributed by atoms with Gasteiger partial charge in [-0.25, -0.2) is 0 Å². The van der Waals surface area contributed by atoms with E-state index in [0.29, 0.717) is 0 Å². The van der Waals surface area contributed by atoms with Crippen molar-refractivity contribution in [1.82, 2.24) is 0 Å². The van der Waals surface area contributed by atoms with Crippen molar-refractivity contribution >= 4 is 11.6 Å². The van der Waals surface area contributed by atoms with Crippen molar-refractivity contribution in [3.8, 4) is 11.5 Å². The predicted molar refractivity (Wildman–Crippen MR) is 110 cm³/mol. The van der Waals surface area contributed by atoms with Crippen LogP contribution in [0.2, 0.25) is 5.02 Å². The van der Waals surface area contributed by atoms with Crippen LogP contribution in [0, 0.1) is 13.8 Å². The van der Waals surface area contributed by atoms with Crippen LogP contribution in [-0.4, -0.2) is 7.11 Å². The highest BCUT2D eigenvalue weighted by Gasteiger charge is 2.32. The number of hydrogen-bond acceptors (Lipinski definition) is 2. The quantitative estimate of drug-likeness (QED) is 0.509. The lowest BCUT2D eigenvalue weighted by Crippen LogP contribution is -2.21. The average molecular weight is 379 g/mol. The summed E-state index contributed by atoms with van der Waals surface area (Å²) < 4.78 is 11.8. The monoisotopic (exact) mass is 378 g/mol. The highest BCUT2D eigenvalue weighted by atomic mass is 35.5. The van der Waals surface area contributed by atoms with E-state index in [0.717, 1.165) is 34.1 Å². The van der Waals surface area contributed by atoms with Gasteiger partial charge >= 0.3 is 0 Å². The first-order valence-corrected chi connectivity index (χ1v) is 9.61. The number of benzene rings is 3. The topological polar surface area (TPSA) is 18.5 Å². The SMILES string of the molecule is COc1ccc(C2CC(c3ccccc3)Oc3cc(C)c(Cl)c(C)c32)cc1.